The predicted molar refractivity (Wildman–Crippen MR) is 194 cm³/mol. The van der Waals surface area contributed by atoms with Crippen LogP contribution in [0.15, 0.2) is 114 Å². The van der Waals surface area contributed by atoms with Crippen molar-refractivity contribution in [3.05, 3.63) is 120 Å². The molecule has 10 nitrogen and oxygen atoms in total. The van der Waals surface area contributed by atoms with Gasteiger partial charge in [0.05, 0.1) is 23.8 Å². The molecule has 252 valence electrons. The number of carbonyl (C=O) groups is 1. The van der Waals surface area contributed by atoms with Gasteiger partial charge in [0.2, 0.25) is 0 Å². The Kier molecular flexibility index (Phi) is 11.7. The zero-order valence-corrected chi connectivity index (χ0v) is 29.6. The summed E-state index contributed by atoms with van der Waals surface area (Å²) >= 11 is 4.20. The highest BCUT2D eigenvalue weighted by Gasteiger charge is 2.17. The molecule has 0 unspecified atom stereocenters. The van der Waals surface area contributed by atoms with E-state index in [-0.39, 0.29) is 6.61 Å². The van der Waals surface area contributed by atoms with Crippen molar-refractivity contribution in [1.82, 2.24) is 18.5 Å². The van der Waals surface area contributed by atoms with Gasteiger partial charge in [0.25, 0.3) is 0 Å². The monoisotopic (exact) mass is 714 g/mol. The summed E-state index contributed by atoms with van der Waals surface area (Å²) in [4.78, 5) is 28.3. The molecule has 3 aromatic carbocycles. The van der Waals surface area contributed by atoms with Crippen LogP contribution in [0.25, 0.3) is 16.7 Å². The fraction of sp³-hybridized carbons (Fsp3) is 0.194. The Labute approximate surface area is 297 Å². The number of hydrogen-bond donors (Lipinski definition) is 0. The topological polar surface area (TPSA) is 98.9 Å². The number of methoxy groups -OCH3 is 1. The largest absolute Gasteiger partial charge is 0.496 e. The molecule has 13 heteroatoms. The number of ether oxygens (including phenoxy) is 3. The lowest BCUT2D eigenvalue weighted by Gasteiger charge is -2.10. The van der Waals surface area contributed by atoms with Gasteiger partial charge in [-0.3, -0.25) is 4.98 Å². The summed E-state index contributed by atoms with van der Waals surface area (Å²) in [5.74, 6) is 2.58. The number of nitrogens with zero attached hydrogens (tertiary/aromatic N) is 4. The van der Waals surface area contributed by atoms with E-state index in [1.54, 1.807) is 49.3 Å². The second-order valence-corrected chi connectivity index (χ2v) is 13.5. The molecule has 0 N–H and O–H groups in total. The van der Waals surface area contributed by atoms with Crippen LogP contribution in [0.1, 0.15) is 16.8 Å². The van der Waals surface area contributed by atoms with Crippen LogP contribution in [0.3, 0.4) is 0 Å². The van der Waals surface area contributed by atoms with Gasteiger partial charge in [-0.05, 0) is 86.6 Å². The molecule has 3 heterocycles. The lowest BCUT2D eigenvalue weighted by atomic mass is 10.2. The van der Waals surface area contributed by atoms with Crippen LogP contribution in [0.5, 0.6) is 17.2 Å². The minimum absolute atomic E-state index is 0.188. The molecule has 49 heavy (non-hydrogen) atoms. The molecule has 0 saturated carbocycles. The maximum Gasteiger partial charge on any atom is 0.344 e. The van der Waals surface area contributed by atoms with E-state index in [1.165, 1.54) is 17.3 Å². The Morgan fingerprint density at radius 2 is 1.67 bits per heavy atom. The third kappa shape index (κ3) is 9.12. The maximum atomic E-state index is 12.1. The number of esters is 1. The standard InChI is InChI=1S/C36H34N4O6S3/c1-25-6-13-30(14-7-25)47-21-20-43-35(41)23-44-28-9-11-29(12-10-28)45-46-49-40-33-15-8-27(39-18-4-5-19-39)22-31(33)38-36(40)48-24-32-26(2)34(42-3)16-17-37-32/h4-19,22H,20-21,23-24H2,1-3H3. The molecule has 0 aliphatic heterocycles. The van der Waals surface area contributed by atoms with Gasteiger partial charge in [0.15, 0.2) is 29.7 Å². The van der Waals surface area contributed by atoms with Crippen LogP contribution in [-0.2, 0) is 19.6 Å². The summed E-state index contributed by atoms with van der Waals surface area (Å²) in [7, 11) is 1.65. The van der Waals surface area contributed by atoms with E-state index in [4.69, 9.17) is 28.4 Å². The van der Waals surface area contributed by atoms with Crippen molar-refractivity contribution in [3.63, 3.8) is 0 Å². The zero-order chi connectivity index (χ0) is 34.0. The summed E-state index contributed by atoms with van der Waals surface area (Å²) in [5, 5.41) is 0.724. The van der Waals surface area contributed by atoms with Crippen LogP contribution >= 0.6 is 35.8 Å². The first-order valence-corrected chi connectivity index (χ1v) is 18.0. The molecule has 6 aromatic rings. The van der Waals surface area contributed by atoms with Crippen molar-refractivity contribution in [2.24, 2.45) is 0 Å². The van der Waals surface area contributed by atoms with E-state index in [0.29, 0.717) is 29.6 Å². The number of hydrogen-bond acceptors (Lipinski definition) is 11. The Bertz CT molecular complexity index is 1980. The fourth-order valence-corrected chi connectivity index (χ4v) is 7.15. The number of aryl methyl sites for hydroxylation is 1. The van der Waals surface area contributed by atoms with Crippen LogP contribution in [0.2, 0.25) is 0 Å². The molecule has 0 spiro atoms. The highest BCUT2D eigenvalue weighted by atomic mass is 32.2. The van der Waals surface area contributed by atoms with Gasteiger partial charge < -0.3 is 23.7 Å². The van der Waals surface area contributed by atoms with Crippen molar-refractivity contribution in [1.29, 1.82) is 0 Å². The van der Waals surface area contributed by atoms with Crippen molar-refractivity contribution >= 4 is 52.8 Å². The predicted octanol–water partition coefficient (Wildman–Crippen LogP) is 8.28. The number of imidazole rings is 1. The van der Waals surface area contributed by atoms with Crippen molar-refractivity contribution in [2.45, 2.75) is 29.7 Å². The quantitative estimate of drug-likeness (QED) is 0.0242. The number of rotatable bonds is 16. The highest BCUT2D eigenvalue weighted by Crippen LogP contribution is 2.33. The van der Waals surface area contributed by atoms with Crippen molar-refractivity contribution in [3.8, 4) is 22.9 Å². The lowest BCUT2D eigenvalue weighted by Crippen LogP contribution is -2.16. The Morgan fingerprint density at radius 3 is 2.45 bits per heavy atom. The number of aromatic nitrogens is 4. The smallest absolute Gasteiger partial charge is 0.344 e. The summed E-state index contributed by atoms with van der Waals surface area (Å²) in [6, 6.07) is 26.9. The van der Waals surface area contributed by atoms with Crippen LogP contribution in [-0.4, -0.2) is 50.6 Å². The molecule has 0 bridgehead atoms. The van der Waals surface area contributed by atoms with E-state index in [2.05, 4.69) is 36.2 Å². The number of thioether (sulfide) groups is 2. The molecule has 0 aliphatic carbocycles. The minimum Gasteiger partial charge on any atom is -0.496 e. The normalized spacial score (nSPS) is 11.1. The SMILES string of the molecule is COc1ccnc(CSc2nc3cc(-n4cccc4)ccc3n2SOOc2ccc(OCC(=O)OCCSc3ccc(C)cc3)cc2)c1C. The van der Waals surface area contributed by atoms with E-state index < -0.39 is 5.97 Å². The van der Waals surface area contributed by atoms with Gasteiger partial charge in [0.1, 0.15) is 18.1 Å². The minimum atomic E-state index is -0.427. The molecular weight excluding hydrogens is 681 g/mol. The summed E-state index contributed by atoms with van der Waals surface area (Å²) in [6.07, 6.45) is 5.73. The molecule has 0 saturated heterocycles. The second-order valence-electron chi connectivity index (χ2n) is 10.7. The van der Waals surface area contributed by atoms with E-state index in [0.717, 1.165) is 56.0 Å². The maximum absolute atomic E-state index is 12.1. The summed E-state index contributed by atoms with van der Waals surface area (Å²) in [6.45, 7) is 4.16. The van der Waals surface area contributed by atoms with Gasteiger partial charge in [-0.25, -0.2) is 13.8 Å². The zero-order valence-electron chi connectivity index (χ0n) is 27.1. The van der Waals surface area contributed by atoms with E-state index in [1.807, 2.05) is 64.3 Å². The molecule has 0 aliphatic rings. The van der Waals surface area contributed by atoms with Gasteiger partial charge >= 0.3 is 5.97 Å². The average molecular weight is 715 g/mol. The Morgan fingerprint density at radius 1 is 0.898 bits per heavy atom. The van der Waals surface area contributed by atoms with Crippen molar-refractivity contribution < 1.29 is 28.2 Å². The highest BCUT2D eigenvalue weighted by molar-refractivity contribution is 7.99. The summed E-state index contributed by atoms with van der Waals surface area (Å²) < 4.78 is 25.9. The number of carbonyl (C=O) groups excluding carboxylic acids is 1. The van der Waals surface area contributed by atoms with Crippen molar-refractivity contribution in [2.75, 3.05) is 26.1 Å². The molecule has 6 rings (SSSR count). The van der Waals surface area contributed by atoms with E-state index >= 15 is 0 Å². The molecule has 0 amide bonds. The van der Waals surface area contributed by atoms with Crippen LogP contribution < -0.4 is 14.4 Å². The second kappa shape index (κ2) is 16.7. The fourth-order valence-electron chi connectivity index (χ4n) is 4.72. The molecular formula is C36H34N4O6S3. The van der Waals surface area contributed by atoms with Crippen LogP contribution in [0, 0.1) is 13.8 Å². The molecule has 3 aromatic heterocycles. The van der Waals surface area contributed by atoms with Gasteiger partial charge in [-0.1, -0.05) is 33.8 Å². The molecule has 0 radical (unpaired) electrons. The summed E-state index contributed by atoms with van der Waals surface area (Å²) in [5.41, 5.74) is 5.78. The lowest BCUT2D eigenvalue weighted by molar-refractivity contribution is -0.145. The first kappa shape index (κ1) is 34.3. The first-order chi connectivity index (χ1) is 24.0. The molecule has 0 atom stereocenters. The first-order valence-electron chi connectivity index (χ1n) is 15.3. The number of pyridine rings is 1. The number of fused-ring (bicyclic) bond motifs is 1. The Balaban J connectivity index is 1.03. The number of benzene rings is 3. The third-order valence-electron chi connectivity index (χ3n) is 7.34. The van der Waals surface area contributed by atoms with Gasteiger partial charge in [-0.2, -0.15) is 0 Å². The molecule has 0 fully saturated rings. The van der Waals surface area contributed by atoms with Gasteiger partial charge in [0, 0.05) is 46.2 Å². The third-order valence-corrected chi connectivity index (χ3v) is 10.0. The van der Waals surface area contributed by atoms with Gasteiger partial charge in [-0.15, -0.1) is 11.8 Å². The average Bonchev–Trinajstić information content (AvgIpc) is 3.78. The Hall–Kier alpha value is -4.56. The van der Waals surface area contributed by atoms with E-state index in [9.17, 15) is 4.79 Å². The van der Waals surface area contributed by atoms with Crippen LogP contribution in [0.4, 0.5) is 0 Å².